The highest BCUT2D eigenvalue weighted by Gasteiger charge is 2.31. The van der Waals surface area contributed by atoms with Crippen molar-refractivity contribution in [1.82, 2.24) is 9.80 Å². The average molecular weight is 273 g/mol. The summed E-state index contributed by atoms with van der Waals surface area (Å²) in [4.78, 5) is 19.4. The summed E-state index contributed by atoms with van der Waals surface area (Å²) < 4.78 is 0. The zero-order valence-corrected chi connectivity index (χ0v) is 12.4. The number of amides is 1. The van der Waals surface area contributed by atoms with Crippen molar-refractivity contribution < 1.29 is 4.79 Å². The van der Waals surface area contributed by atoms with Gasteiger partial charge in [-0.15, -0.1) is 0 Å². The van der Waals surface area contributed by atoms with E-state index in [1.165, 1.54) is 5.56 Å². The van der Waals surface area contributed by atoms with E-state index in [0.29, 0.717) is 0 Å². The highest BCUT2D eigenvalue weighted by molar-refractivity contribution is 5.98. The lowest BCUT2D eigenvalue weighted by Crippen LogP contribution is -2.53. The molecular weight excluding hydrogens is 250 g/mol. The number of para-hydroxylation sites is 1. The third kappa shape index (κ3) is 2.45. The van der Waals surface area contributed by atoms with Crippen LogP contribution in [-0.4, -0.2) is 61.5 Å². The van der Waals surface area contributed by atoms with Gasteiger partial charge in [-0.3, -0.25) is 9.69 Å². The fourth-order valence-electron chi connectivity index (χ4n) is 3.16. The van der Waals surface area contributed by atoms with Crippen LogP contribution in [0.15, 0.2) is 24.3 Å². The van der Waals surface area contributed by atoms with E-state index in [2.05, 4.69) is 42.0 Å². The van der Waals surface area contributed by atoms with Gasteiger partial charge in [0.05, 0.1) is 6.04 Å². The van der Waals surface area contributed by atoms with Crippen LogP contribution < -0.4 is 4.90 Å². The third-order valence-electron chi connectivity index (χ3n) is 4.60. The molecule has 0 aliphatic carbocycles. The zero-order valence-electron chi connectivity index (χ0n) is 12.4. The number of nitrogens with zero attached hydrogens (tertiary/aromatic N) is 3. The average Bonchev–Trinajstić information content (AvgIpc) is 2.90. The van der Waals surface area contributed by atoms with Crippen molar-refractivity contribution in [3.8, 4) is 0 Å². The van der Waals surface area contributed by atoms with Crippen molar-refractivity contribution in [2.24, 2.45) is 0 Å². The van der Waals surface area contributed by atoms with E-state index in [9.17, 15) is 4.79 Å². The number of fused-ring (bicyclic) bond motifs is 1. The fourth-order valence-corrected chi connectivity index (χ4v) is 3.16. The Kier molecular flexibility index (Phi) is 3.76. The van der Waals surface area contributed by atoms with Crippen LogP contribution in [0.3, 0.4) is 0 Å². The Bertz CT molecular complexity index is 494. The van der Waals surface area contributed by atoms with E-state index >= 15 is 0 Å². The molecule has 1 aromatic rings. The smallest absolute Gasteiger partial charge is 0.244 e. The lowest BCUT2D eigenvalue weighted by Gasteiger charge is -2.37. The van der Waals surface area contributed by atoms with Gasteiger partial charge in [-0.25, -0.2) is 0 Å². The largest absolute Gasteiger partial charge is 0.310 e. The number of likely N-dealkylation sites (N-methyl/N-ethyl adjacent to an activating group) is 1. The summed E-state index contributed by atoms with van der Waals surface area (Å²) in [5.74, 6) is 0.250. The molecule has 1 aromatic carbocycles. The molecule has 0 spiro atoms. The monoisotopic (exact) mass is 273 g/mol. The van der Waals surface area contributed by atoms with Crippen LogP contribution in [0.4, 0.5) is 5.69 Å². The molecule has 4 heteroatoms. The second-order valence-corrected chi connectivity index (χ2v) is 5.88. The molecule has 0 bridgehead atoms. The van der Waals surface area contributed by atoms with Gasteiger partial charge in [0.1, 0.15) is 0 Å². The predicted molar refractivity (Wildman–Crippen MR) is 81.0 cm³/mol. The van der Waals surface area contributed by atoms with Gasteiger partial charge in [0, 0.05) is 38.4 Å². The predicted octanol–water partition coefficient (Wildman–Crippen LogP) is 1.21. The van der Waals surface area contributed by atoms with Crippen molar-refractivity contribution in [1.29, 1.82) is 0 Å². The second kappa shape index (κ2) is 5.54. The Balaban J connectivity index is 1.70. The van der Waals surface area contributed by atoms with Crippen LogP contribution in [0.2, 0.25) is 0 Å². The minimum Gasteiger partial charge on any atom is -0.310 e. The number of piperazine rings is 1. The van der Waals surface area contributed by atoms with Crippen molar-refractivity contribution in [2.75, 3.05) is 44.7 Å². The van der Waals surface area contributed by atoms with E-state index in [-0.39, 0.29) is 11.9 Å². The maximum absolute atomic E-state index is 12.8. The molecule has 2 aliphatic heterocycles. The summed E-state index contributed by atoms with van der Waals surface area (Å²) in [6, 6.07) is 8.25. The van der Waals surface area contributed by atoms with Crippen LogP contribution in [0.25, 0.3) is 0 Å². The van der Waals surface area contributed by atoms with Crippen LogP contribution in [0, 0.1) is 0 Å². The first kappa shape index (κ1) is 13.6. The topological polar surface area (TPSA) is 26.8 Å². The van der Waals surface area contributed by atoms with Crippen LogP contribution in [-0.2, 0) is 11.2 Å². The Hall–Kier alpha value is -1.39. The highest BCUT2D eigenvalue weighted by Crippen LogP contribution is 2.28. The number of rotatable bonds is 2. The van der Waals surface area contributed by atoms with E-state index in [1.807, 2.05) is 11.0 Å². The Labute approximate surface area is 121 Å². The molecule has 0 saturated carbocycles. The SMILES string of the molecule is C[C@@H](C(=O)N1CCc2ccccc21)N1CCN(C)CC1. The molecule has 3 rings (SSSR count). The van der Waals surface area contributed by atoms with Gasteiger partial charge in [0.25, 0.3) is 0 Å². The zero-order chi connectivity index (χ0) is 14.1. The molecule has 0 aromatic heterocycles. The Morgan fingerprint density at radius 3 is 2.55 bits per heavy atom. The molecule has 108 valence electrons. The first-order valence-corrected chi connectivity index (χ1v) is 7.48. The fraction of sp³-hybridized carbons (Fsp3) is 0.562. The lowest BCUT2D eigenvalue weighted by molar-refractivity contribution is -0.123. The summed E-state index contributed by atoms with van der Waals surface area (Å²) in [6.45, 7) is 6.95. The minimum atomic E-state index is -0.0187. The summed E-state index contributed by atoms with van der Waals surface area (Å²) in [6.07, 6.45) is 0.984. The Morgan fingerprint density at radius 2 is 1.80 bits per heavy atom. The molecular formula is C16H23N3O. The van der Waals surface area contributed by atoms with Gasteiger partial charge in [0.15, 0.2) is 0 Å². The first-order valence-electron chi connectivity index (χ1n) is 7.48. The molecule has 4 nitrogen and oxygen atoms in total. The van der Waals surface area contributed by atoms with Crippen molar-refractivity contribution in [3.63, 3.8) is 0 Å². The van der Waals surface area contributed by atoms with Crippen molar-refractivity contribution in [2.45, 2.75) is 19.4 Å². The van der Waals surface area contributed by atoms with E-state index in [4.69, 9.17) is 0 Å². The quantitative estimate of drug-likeness (QED) is 0.810. The second-order valence-electron chi connectivity index (χ2n) is 5.88. The first-order chi connectivity index (χ1) is 9.66. The third-order valence-corrected chi connectivity index (χ3v) is 4.60. The number of hydrogen-bond donors (Lipinski definition) is 0. The molecule has 20 heavy (non-hydrogen) atoms. The minimum absolute atomic E-state index is 0.0187. The molecule has 2 aliphatic rings. The maximum Gasteiger partial charge on any atom is 0.244 e. The lowest BCUT2D eigenvalue weighted by atomic mass is 10.1. The van der Waals surface area contributed by atoms with Gasteiger partial charge in [0.2, 0.25) is 5.91 Å². The van der Waals surface area contributed by atoms with Crippen LogP contribution >= 0.6 is 0 Å². The summed E-state index contributed by atoms with van der Waals surface area (Å²) in [5, 5.41) is 0. The van der Waals surface area contributed by atoms with Crippen LogP contribution in [0.5, 0.6) is 0 Å². The molecule has 2 heterocycles. The summed E-state index contributed by atoms with van der Waals surface area (Å²) in [5.41, 5.74) is 2.41. The van der Waals surface area contributed by atoms with Crippen molar-refractivity contribution in [3.05, 3.63) is 29.8 Å². The molecule has 0 unspecified atom stereocenters. The van der Waals surface area contributed by atoms with E-state index in [0.717, 1.165) is 44.8 Å². The standard InChI is InChI=1S/C16H23N3O/c1-13(18-11-9-17(2)10-12-18)16(20)19-8-7-14-5-3-4-6-15(14)19/h3-6,13H,7-12H2,1-2H3/t13-/m0/s1. The number of hydrogen-bond acceptors (Lipinski definition) is 3. The maximum atomic E-state index is 12.8. The Morgan fingerprint density at radius 1 is 1.10 bits per heavy atom. The van der Waals surface area contributed by atoms with Gasteiger partial charge in [-0.1, -0.05) is 18.2 Å². The van der Waals surface area contributed by atoms with Gasteiger partial charge in [-0.05, 0) is 32.0 Å². The normalized spacial score (nSPS) is 21.8. The molecule has 0 radical (unpaired) electrons. The molecule has 1 fully saturated rings. The van der Waals surface area contributed by atoms with Crippen LogP contribution in [0.1, 0.15) is 12.5 Å². The molecule has 1 saturated heterocycles. The highest BCUT2D eigenvalue weighted by atomic mass is 16.2. The molecule has 1 amide bonds. The molecule has 1 atom stereocenters. The molecule has 0 N–H and O–H groups in total. The van der Waals surface area contributed by atoms with Gasteiger partial charge in [-0.2, -0.15) is 0 Å². The summed E-state index contributed by atoms with van der Waals surface area (Å²) in [7, 11) is 2.14. The number of anilines is 1. The number of carbonyl (C=O) groups is 1. The summed E-state index contributed by atoms with van der Waals surface area (Å²) >= 11 is 0. The van der Waals surface area contributed by atoms with Gasteiger partial charge >= 0.3 is 0 Å². The number of carbonyl (C=O) groups excluding carboxylic acids is 1. The van der Waals surface area contributed by atoms with Gasteiger partial charge < -0.3 is 9.80 Å². The number of benzene rings is 1. The van der Waals surface area contributed by atoms with E-state index < -0.39 is 0 Å². The van der Waals surface area contributed by atoms with E-state index in [1.54, 1.807) is 0 Å². The van der Waals surface area contributed by atoms with Crippen molar-refractivity contribution >= 4 is 11.6 Å².